The number of thioether (sulfide) groups is 1. The largest absolute Gasteiger partial charge is 0.454 e. The maximum atomic E-state index is 13.1. The highest BCUT2D eigenvalue weighted by Gasteiger charge is 2.36. The van der Waals surface area contributed by atoms with Gasteiger partial charge in [0.25, 0.3) is 5.91 Å². The number of para-hydroxylation sites is 1. The van der Waals surface area contributed by atoms with Crippen molar-refractivity contribution in [1.82, 2.24) is 10.3 Å². The van der Waals surface area contributed by atoms with Crippen molar-refractivity contribution in [3.63, 3.8) is 0 Å². The van der Waals surface area contributed by atoms with E-state index in [0.717, 1.165) is 29.2 Å². The van der Waals surface area contributed by atoms with E-state index >= 15 is 0 Å². The number of ether oxygens (including phenoxy) is 2. The molecule has 7 nitrogen and oxygen atoms in total. The number of nitrogens with one attached hydrogen (secondary N) is 1. The van der Waals surface area contributed by atoms with Crippen molar-refractivity contribution in [3.8, 4) is 11.5 Å². The monoisotopic (exact) mass is 442 g/mol. The minimum atomic E-state index is -0.593. The Hall–Kier alpha value is -2.71. The van der Waals surface area contributed by atoms with E-state index in [2.05, 4.69) is 12.2 Å². The van der Waals surface area contributed by atoms with Crippen LogP contribution in [0.15, 0.2) is 46.5 Å². The first kappa shape index (κ1) is 19.3. The Bertz CT molecular complexity index is 1180. The number of fused-ring (bicyclic) bond motifs is 3. The number of amides is 1. The summed E-state index contributed by atoms with van der Waals surface area (Å²) >= 11 is 8.12. The molecule has 0 aromatic heterocycles. The van der Waals surface area contributed by atoms with Crippen LogP contribution in [0.5, 0.6) is 11.5 Å². The first-order valence-corrected chi connectivity index (χ1v) is 11.1. The van der Waals surface area contributed by atoms with Gasteiger partial charge in [0.05, 0.1) is 10.4 Å². The summed E-state index contributed by atoms with van der Waals surface area (Å²) in [7, 11) is 0. The Balaban J connectivity index is 1.65. The zero-order valence-electron chi connectivity index (χ0n) is 16.2. The molecule has 0 bridgehead atoms. The molecule has 1 amide bonds. The van der Waals surface area contributed by atoms with Crippen LogP contribution in [0.25, 0.3) is 5.70 Å². The molecule has 9 heteroatoms. The van der Waals surface area contributed by atoms with Gasteiger partial charge in [-0.05, 0) is 18.6 Å². The minimum absolute atomic E-state index is 0.152. The predicted octanol–water partition coefficient (Wildman–Crippen LogP) is 2.75. The summed E-state index contributed by atoms with van der Waals surface area (Å²) in [4.78, 5) is 18.0. The first-order valence-electron chi connectivity index (χ1n) is 9.74. The molecule has 154 valence electrons. The molecular formula is C21H19ClN4O3S. The van der Waals surface area contributed by atoms with E-state index in [0.29, 0.717) is 32.9 Å². The van der Waals surface area contributed by atoms with Gasteiger partial charge in [-0.2, -0.15) is 0 Å². The lowest BCUT2D eigenvalue weighted by Crippen LogP contribution is -2.50. The van der Waals surface area contributed by atoms with Gasteiger partial charge in [0.1, 0.15) is 5.70 Å². The standard InChI is InChI=1S/C21H19ClN4O3S/c1-2-3-8-30-21-24-20(27)18-12-6-4-5-7-15(12)23-19(26(18)25-21)13-9-16-17(10-14(13)22)29-11-28-16/h4-7,9-10,19H,2-3,8,11H2,1H3,(H,24,25,27). The molecule has 5 rings (SSSR count). The van der Waals surface area contributed by atoms with Gasteiger partial charge in [0, 0.05) is 22.6 Å². The third kappa shape index (κ3) is 3.30. The number of unbranched alkanes of at least 4 members (excludes halogenated alkanes) is 1. The Kier molecular flexibility index (Phi) is 5.04. The van der Waals surface area contributed by atoms with E-state index in [1.807, 2.05) is 30.3 Å². The molecule has 1 unspecified atom stereocenters. The fourth-order valence-corrected chi connectivity index (χ4v) is 4.73. The number of rotatable bonds is 4. The Labute approximate surface area is 182 Å². The molecule has 3 aliphatic heterocycles. The molecule has 0 saturated heterocycles. The van der Waals surface area contributed by atoms with Crippen LogP contribution in [-0.4, -0.2) is 28.6 Å². The van der Waals surface area contributed by atoms with Gasteiger partial charge >= 0.3 is 0 Å². The molecule has 2 aromatic rings. The minimum Gasteiger partial charge on any atom is -0.454 e. The SMILES string of the molecule is CCCCSC1=NN2C(=c3ccccc3=NC2c2cc3c(cc2Cl)OCO3)C(=O)N1. The van der Waals surface area contributed by atoms with Gasteiger partial charge in [0.15, 0.2) is 22.8 Å². The van der Waals surface area contributed by atoms with Crippen LogP contribution in [0.2, 0.25) is 5.02 Å². The summed E-state index contributed by atoms with van der Waals surface area (Å²) in [5.41, 5.74) is 1.16. The summed E-state index contributed by atoms with van der Waals surface area (Å²) in [5.74, 6) is 1.88. The quantitative estimate of drug-likeness (QED) is 0.737. The number of hydrazone groups is 1. The summed E-state index contributed by atoms with van der Waals surface area (Å²) < 4.78 is 11.0. The Morgan fingerprint density at radius 2 is 2.07 bits per heavy atom. The van der Waals surface area contributed by atoms with Gasteiger partial charge in [-0.25, -0.2) is 5.01 Å². The third-order valence-corrected chi connectivity index (χ3v) is 6.30. The number of hydrogen-bond donors (Lipinski definition) is 1. The summed E-state index contributed by atoms with van der Waals surface area (Å²) in [5, 5.41) is 11.8. The van der Waals surface area contributed by atoms with Crippen molar-refractivity contribution in [1.29, 1.82) is 0 Å². The van der Waals surface area contributed by atoms with Crippen LogP contribution >= 0.6 is 23.4 Å². The van der Waals surface area contributed by atoms with Crippen LogP contribution < -0.4 is 25.4 Å². The molecular weight excluding hydrogens is 424 g/mol. The van der Waals surface area contributed by atoms with Crippen molar-refractivity contribution >= 4 is 40.1 Å². The number of carbonyl (C=O) groups excluding carboxylic acids is 1. The molecule has 3 heterocycles. The van der Waals surface area contributed by atoms with Gasteiger partial charge in [-0.3, -0.25) is 15.1 Å². The van der Waals surface area contributed by atoms with E-state index in [4.69, 9.17) is 31.2 Å². The Morgan fingerprint density at radius 1 is 1.27 bits per heavy atom. The molecule has 0 radical (unpaired) electrons. The zero-order valence-corrected chi connectivity index (χ0v) is 17.8. The van der Waals surface area contributed by atoms with Gasteiger partial charge in [-0.15, -0.1) is 5.10 Å². The van der Waals surface area contributed by atoms with Gasteiger partial charge in [-0.1, -0.05) is 54.9 Å². The predicted molar refractivity (Wildman–Crippen MR) is 116 cm³/mol. The lowest BCUT2D eigenvalue weighted by atomic mass is 10.1. The molecule has 1 atom stereocenters. The van der Waals surface area contributed by atoms with E-state index in [1.165, 1.54) is 11.8 Å². The number of carbonyl (C=O) groups is 1. The van der Waals surface area contributed by atoms with Crippen molar-refractivity contribution in [2.24, 2.45) is 10.1 Å². The highest BCUT2D eigenvalue weighted by molar-refractivity contribution is 8.13. The molecule has 0 fully saturated rings. The second-order valence-corrected chi connectivity index (χ2v) is 8.49. The molecule has 1 N–H and O–H groups in total. The Morgan fingerprint density at radius 3 is 2.90 bits per heavy atom. The molecule has 0 spiro atoms. The number of amidine groups is 1. The highest BCUT2D eigenvalue weighted by Crippen LogP contribution is 2.42. The highest BCUT2D eigenvalue weighted by atomic mass is 35.5. The first-order chi connectivity index (χ1) is 14.7. The van der Waals surface area contributed by atoms with Crippen molar-refractivity contribution in [3.05, 3.63) is 57.6 Å². The lowest BCUT2D eigenvalue weighted by Gasteiger charge is -2.34. The van der Waals surface area contributed by atoms with E-state index in [9.17, 15) is 4.79 Å². The number of nitrogens with zero attached hydrogens (tertiary/aromatic N) is 3. The third-order valence-electron chi connectivity index (χ3n) is 5.02. The molecule has 30 heavy (non-hydrogen) atoms. The van der Waals surface area contributed by atoms with Gasteiger partial charge in [0.2, 0.25) is 6.79 Å². The second kappa shape index (κ2) is 7.85. The van der Waals surface area contributed by atoms with Crippen LogP contribution in [0.1, 0.15) is 31.5 Å². The van der Waals surface area contributed by atoms with Crippen LogP contribution in [0.3, 0.4) is 0 Å². The summed E-state index contributed by atoms with van der Waals surface area (Å²) in [6, 6.07) is 11.1. The summed E-state index contributed by atoms with van der Waals surface area (Å²) in [6.45, 7) is 2.28. The van der Waals surface area contributed by atoms with E-state index in [1.54, 1.807) is 11.1 Å². The van der Waals surface area contributed by atoms with Crippen molar-refractivity contribution in [2.75, 3.05) is 12.5 Å². The normalized spacial score (nSPS) is 18.9. The lowest BCUT2D eigenvalue weighted by molar-refractivity contribution is -0.116. The summed E-state index contributed by atoms with van der Waals surface area (Å²) in [6.07, 6.45) is 1.53. The van der Waals surface area contributed by atoms with Crippen molar-refractivity contribution < 1.29 is 14.3 Å². The average Bonchev–Trinajstić information content (AvgIpc) is 3.20. The second-order valence-electron chi connectivity index (χ2n) is 7.00. The van der Waals surface area contributed by atoms with Crippen LogP contribution in [0.4, 0.5) is 0 Å². The van der Waals surface area contributed by atoms with E-state index in [-0.39, 0.29) is 12.7 Å². The smallest absolute Gasteiger partial charge is 0.276 e. The molecule has 2 aromatic carbocycles. The zero-order chi connectivity index (χ0) is 20.7. The number of benzene rings is 2. The van der Waals surface area contributed by atoms with E-state index < -0.39 is 6.17 Å². The van der Waals surface area contributed by atoms with Crippen molar-refractivity contribution in [2.45, 2.75) is 25.9 Å². The number of hydrogen-bond acceptors (Lipinski definition) is 7. The van der Waals surface area contributed by atoms with Crippen LogP contribution in [-0.2, 0) is 4.79 Å². The molecule has 3 aliphatic rings. The fraction of sp³-hybridized carbons (Fsp3) is 0.286. The van der Waals surface area contributed by atoms with Gasteiger partial charge < -0.3 is 9.47 Å². The fourth-order valence-electron chi connectivity index (χ4n) is 3.54. The topological polar surface area (TPSA) is 75.5 Å². The average molecular weight is 443 g/mol. The number of halogens is 1. The maximum Gasteiger partial charge on any atom is 0.276 e. The maximum absolute atomic E-state index is 13.1. The molecule has 0 saturated carbocycles. The molecule has 0 aliphatic carbocycles. The van der Waals surface area contributed by atoms with Crippen LogP contribution in [0, 0.1) is 0 Å².